The van der Waals surface area contributed by atoms with E-state index < -0.39 is 0 Å². The number of nitrogens with one attached hydrogen (secondary N) is 2. The molecule has 0 bridgehead atoms. The van der Waals surface area contributed by atoms with Gasteiger partial charge in [-0.25, -0.2) is 0 Å². The predicted octanol–water partition coefficient (Wildman–Crippen LogP) is 3.99. The number of carbonyl (C=O) groups is 1. The smallest absolute Gasteiger partial charge is 0.224 e. The lowest BCUT2D eigenvalue weighted by Crippen LogP contribution is -2.24. The van der Waals surface area contributed by atoms with Gasteiger partial charge in [0.05, 0.1) is 6.42 Å². The molecule has 0 spiro atoms. The zero-order valence-corrected chi connectivity index (χ0v) is 13.1. The van der Waals surface area contributed by atoms with E-state index in [-0.39, 0.29) is 5.91 Å². The molecule has 1 aromatic heterocycles. The number of benzene rings is 2. The van der Waals surface area contributed by atoms with E-state index >= 15 is 0 Å². The third-order valence-electron chi connectivity index (χ3n) is 3.80. The van der Waals surface area contributed by atoms with E-state index in [1.807, 2.05) is 55.5 Å². The van der Waals surface area contributed by atoms with Crippen LogP contribution in [-0.2, 0) is 17.8 Å². The quantitative estimate of drug-likeness (QED) is 0.751. The van der Waals surface area contributed by atoms with Crippen LogP contribution in [0.1, 0.15) is 16.8 Å². The number of para-hydroxylation sites is 1. The van der Waals surface area contributed by atoms with Crippen LogP contribution in [0.4, 0.5) is 0 Å². The Balaban J connectivity index is 1.71. The van der Waals surface area contributed by atoms with Crippen molar-refractivity contribution in [1.29, 1.82) is 0 Å². The highest BCUT2D eigenvalue weighted by Crippen LogP contribution is 2.22. The number of aromatic amines is 1. The van der Waals surface area contributed by atoms with E-state index in [1.54, 1.807) is 0 Å². The largest absolute Gasteiger partial charge is 0.358 e. The third-order valence-corrected chi connectivity index (χ3v) is 4.17. The summed E-state index contributed by atoms with van der Waals surface area (Å²) >= 11 is 6.10. The van der Waals surface area contributed by atoms with E-state index in [1.165, 1.54) is 0 Å². The van der Waals surface area contributed by atoms with Gasteiger partial charge in [0, 0.05) is 28.2 Å². The Morgan fingerprint density at radius 2 is 1.86 bits per heavy atom. The Labute approximate surface area is 134 Å². The molecule has 3 aromatic rings. The molecule has 1 amide bonds. The van der Waals surface area contributed by atoms with Crippen molar-refractivity contribution in [2.24, 2.45) is 0 Å². The number of carbonyl (C=O) groups excluding carboxylic acids is 1. The zero-order valence-electron chi connectivity index (χ0n) is 12.3. The van der Waals surface area contributed by atoms with Crippen molar-refractivity contribution < 1.29 is 4.79 Å². The van der Waals surface area contributed by atoms with E-state index in [0.29, 0.717) is 18.0 Å². The first-order chi connectivity index (χ1) is 10.6. The van der Waals surface area contributed by atoms with Crippen LogP contribution in [0, 0.1) is 6.92 Å². The summed E-state index contributed by atoms with van der Waals surface area (Å²) in [7, 11) is 0. The van der Waals surface area contributed by atoms with Crippen LogP contribution in [0.5, 0.6) is 0 Å². The fourth-order valence-corrected chi connectivity index (χ4v) is 2.82. The van der Waals surface area contributed by atoms with Crippen LogP contribution in [0.15, 0.2) is 48.5 Å². The highest BCUT2D eigenvalue weighted by Gasteiger charge is 2.12. The summed E-state index contributed by atoms with van der Waals surface area (Å²) < 4.78 is 0. The fraction of sp³-hybridized carbons (Fsp3) is 0.167. The molecule has 0 fully saturated rings. The first kappa shape index (κ1) is 14.7. The molecule has 1 heterocycles. The lowest BCUT2D eigenvalue weighted by atomic mass is 10.1. The summed E-state index contributed by atoms with van der Waals surface area (Å²) in [5.41, 5.74) is 4.07. The Kier molecular flexibility index (Phi) is 4.16. The van der Waals surface area contributed by atoms with Gasteiger partial charge in [0.2, 0.25) is 5.91 Å². The number of aryl methyl sites for hydroxylation is 1. The van der Waals surface area contributed by atoms with Gasteiger partial charge in [0.1, 0.15) is 0 Å². The molecule has 0 saturated heterocycles. The Morgan fingerprint density at radius 3 is 2.68 bits per heavy atom. The second-order valence-corrected chi connectivity index (χ2v) is 5.73. The number of hydrogen-bond donors (Lipinski definition) is 2. The van der Waals surface area contributed by atoms with Crippen LogP contribution in [-0.4, -0.2) is 10.9 Å². The number of hydrogen-bond acceptors (Lipinski definition) is 1. The average molecular weight is 313 g/mol. The van der Waals surface area contributed by atoms with Gasteiger partial charge in [-0.15, -0.1) is 0 Å². The van der Waals surface area contributed by atoms with Crippen molar-refractivity contribution >= 4 is 28.4 Å². The topological polar surface area (TPSA) is 44.9 Å². The zero-order chi connectivity index (χ0) is 15.5. The van der Waals surface area contributed by atoms with Crippen LogP contribution in [0.3, 0.4) is 0 Å². The summed E-state index contributed by atoms with van der Waals surface area (Å²) in [5, 5.41) is 4.71. The van der Waals surface area contributed by atoms with Crippen LogP contribution >= 0.6 is 11.6 Å². The van der Waals surface area contributed by atoms with Crippen LogP contribution in [0.2, 0.25) is 5.02 Å². The molecule has 3 rings (SSSR count). The Bertz CT molecular complexity index is 823. The van der Waals surface area contributed by atoms with Crippen molar-refractivity contribution in [3.8, 4) is 0 Å². The van der Waals surface area contributed by atoms with Gasteiger partial charge in [-0.3, -0.25) is 4.79 Å². The summed E-state index contributed by atoms with van der Waals surface area (Å²) in [5.74, 6) is -0.00669. The second-order valence-electron chi connectivity index (χ2n) is 5.32. The molecule has 0 unspecified atom stereocenters. The maximum absolute atomic E-state index is 12.2. The van der Waals surface area contributed by atoms with Gasteiger partial charge in [-0.05, 0) is 30.2 Å². The molecule has 0 aliphatic rings. The minimum absolute atomic E-state index is 0.00669. The lowest BCUT2D eigenvalue weighted by molar-refractivity contribution is -0.120. The minimum Gasteiger partial charge on any atom is -0.358 e. The summed E-state index contributed by atoms with van der Waals surface area (Å²) in [6, 6.07) is 15.6. The number of halogens is 1. The summed E-state index contributed by atoms with van der Waals surface area (Å²) in [4.78, 5) is 15.5. The fourth-order valence-electron chi connectivity index (χ4n) is 2.62. The number of amides is 1. The van der Waals surface area contributed by atoms with E-state index in [4.69, 9.17) is 11.6 Å². The summed E-state index contributed by atoms with van der Waals surface area (Å²) in [6.07, 6.45) is 0.361. The Hall–Kier alpha value is -2.26. The molecule has 2 aromatic carbocycles. The minimum atomic E-state index is -0.00669. The third kappa shape index (κ3) is 3.00. The maximum Gasteiger partial charge on any atom is 0.224 e. The molecule has 0 aliphatic heterocycles. The second kappa shape index (κ2) is 6.24. The van der Waals surface area contributed by atoms with Crippen molar-refractivity contribution in [2.45, 2.75) is 19.9 Å². The Morgan fingerprint density at radius 1 is 1.14 bits per heavy atom. The van der Waals surface area contributed by atoms with Gasteiger partial charge in [0.25, 0.3) is 0 Å². The number of aromatic nitrogens is 1. The number of H-pyrrole nitrogens is 1. The van der Waals surface area contributed by atoms with Gasteiger partial charge in [0.15, 0.2) is 0 Å². The molecule has 0 aliphatic carbocycles. The van der Waals surface area contributed by atoms with E-state index in [2.05, 4.69) is 10.3 Å². The molecule has 3 nitrogen and oxygen atoms in total. The molecular weight excluding hydrogens is 296 g/mol. The van der Waals surface area contributed by atoms with Crippen molar-refractivity contribution in [3.63, 3.8) is 0 Å². The highest BCUT2D eigenvalue weighted by atomic mass is 35.5. The highest BCUT2D eigenvalue weighted by molar-refractivity contribution is 6.31. The van der Waals surface area contributed by atoms with Crippen LogP contribution < -0.4 is 5.32 Å². The maximum atomic E-state index is 12.2. The van der Waals surface area contributed by atoms with E-state index in [0.717, 1.165) is 27.7 Å². The molecule has 0 radical (unpaired) electrons. The predicted molar refractivity (Wildman–Crippen MR) is 90.0 cm³/mol. The SMILES string of the molecule is Cc1[nH]c2ccccc2c1CC(=O)NCc1ccccc1Cl. The normalized spacial score (nSPS) is 10.8. The molecule has 2 N–H and O–H groups in total. The molecule has 112 valence electrons. The van der Waals surface area contributed by atoms with Crippen LogP contribution in [0.25, 0.3) is 10.9 Å². The van der Waals surface area contributed by atoms with Gasteiger partial charge >= 0.3 is 0 Å². The standard InChI is InChI=1S/C18H17ClN2O/c1-12-15(14-7-3-5-9-17(14)21-12)10-18(22)20-11-13-6-2-4-8-16(13)19/h2-9,21H,10-11H2,1H3,(H,20,22). The van der Waals surface area contributed by atoms with Gasteiger partial charge in [-0.1, -0.05) is 48.0 Å². The first-order valence-electron chi connectivity index (χ1n) is 7.21. The lowest BCUT2D eigenvalue weighted by Gasteiger charge is -2.07. The molecule has 0 atom stereocenters. The summed E-state index contributed by atoms with van der Waals surface area (Å²) in [6.45, 7) is 2.44. The molecule has 0 saturated carbocycles. The van der Waals surface area contributed by atoms with Crippen molar-refractivity contribution in [1.82, 2.24) is 10.3 Å². The molecule has 22 heavy (non-hydrogen) atoms. The molecule has 4 heteroatoms. The van der Waals surface area contributed by atoms with Gasteiger partial charge in [-0.2, -0.15) is 0 Å². The van der Waals surface area contributed by atoms with Crippen molar-refractivity contribution in [2.75, 3.05) is 0 Å². The molecular formula is C18H17ClN2O. The van der Waals surface area contributed by atoms with Gasteiger partial charge < -0.3 is 10.3 Å². The van der Waals surface area contributed by atoms with Crippen molar-refractivity contribution in [3.05, 3.63) is 70.4 Å². The monoisotopic (exact) mass is 312 g/mol. The number of rotatable bonds is 4. The number of fused-ring (bicyclic) bond motifs is 1. The first-order valence-corrected chi connectivity index (χ1v) is 7.59. The average Bonchev–Trinajstić information content (AvgIpc) is 2.83. The van der Waals surface area contributed by atoms with E-state index in [9.17, 15) is 4.79 Å².